The van der Waals surface area contributed by atoms with E-state index in [0.717, 1.165) is 40.6 Å². The van der Waals surface area contributed by atoms with E-state index in [9.17, 15) is 9.59 Å². The van der Waals surface area contributed by atoms with Gasteiger partial charge in [0, 0.05) is 44.9 Å². The minimum Gasteiger partial charge on any atom is -0.274 e. The molecular formula is C24H19Br3Cl4N10O2. The Bertz CT molecular complexity index is 1850. The van der Waals surface area contributed by atoms with Gasteiger partial charge in [0.25, 0.3) is 0 Å². The number of hydrogen-bond acceptors (Lipinski definition) is 8. The number of fused-ring (bicyclic) bond motifs is 3. The normalized spacial score (nSPS) is 12.2. The van der Waals surface area contributed by atoms with Crippen molar-refractivity contribution in [3.63, 3.8) is 0 Å². The molecule has 2 N–H and O–H groups in total. The van der Waals surface area contributed by atoms with Gasteiger partial charge in [-0.05, 0) is 50.1 Å². The van der Waals surface area contributed by atoms with Crippen LogP contribution in [0, 0.1) is 0 Å². The monoisotopic (exact) mass is 856 g/mol. The zero-order valence-electron chi connectivity index (χ0n) is 22.0. The summed E-state index contributed by atoms with van der Waals surface area (Å²) in [5.74, 6) is -0.287. The van der Waals surface area contributed by atoms with E-state index in [1.54, 1.807) is 47.7 Å². The van der Waals surface area contributed by atoms with Crippen LogP contribution in [0.5, 0.6) is 0 Å². The SMILES string of the molecule is CCl.Clc1ccnc2[nH]ncc12.Clc1ccnc2n[nH]c(Br)c12.Cn1nc(Br)c2c(Cl)ccnc21.O=C1CCC(=O)N1Br. The van der Waals surface area contributed by atoms with Crippen molar-refractivity contribution < 1.29 is 9.59 Å². The molecule has 0 aliphatic carbocycles. The summed E-state index contributed by atoms with van der Waals surface area (Å²) in [5.41, 5.74) is 2.14. The molecule has 7 rings (SSSR count). The number of hydrogen-bond donors (Lipinski definition) is 2. The lowest BCUT2D eigenvalue weighted by Gasteiger charge is -1.97. The van der Waals surface area contributed by atoms with Crippen molar-refractivity contribution in [2.45, 2.75) is 12.8 Å². The Morgan fingerprint density at radius 2 is 1.42 bits per heavy atom. The summed E-state index contributed by atoms with van der Waals surface area (Å²) in [6.45, 7) is 0. The number of aromatic nitrogens is 9. The first-order valence-corrected chi connectivity index (χ1v) is 15.9. The first-order chi connectivity index (χ1) is 20.6. The molecule has 0 bridgehead atoms. The van der Waals surface area contributed by atoms with Gasteiger partial charge in [0.2, 0.25) is 11.8 Å². The molecule has 0 radical (unpaired) electrons. The van der Waals surface area contributed by atoms with Gasteiger partial charge in [-0.25, -0.2) is 23.6 Å². The number of pyridine rings is 3. The first-order valence-electron chi connectivity index (χ1n) is 11.7. The molecule has 1 fully saturated rings. The highest BCUT2D eigenvalue weighted by molar-refractivity contribution is 9.11. The molecule has 226 valence electrons. The van der Waals surface area contributed by atoms with Gasteiger partial charge in [-0.1, -0.05) is 34.8 Å². The summed E-state index contributed by atoms with van der Waals surface area (Å²) >= 11 is 31.7. The minimum atomic E-state index is -0.144. The predicted molar refractivity (Wildman–Crippen MR) is 179 cm³/mol. The van der Waals surface area contributed by atoms with Crippen LogP contribution in [0.2, 0.25) is 15.1 Å². The second-order valence-electron chi connectivity index (χ2n) is 7.93. The smallest absolute Gasteiger partial charge is 0.239 e. The van der Waals surface area contributed by atoms with E-state index < -0.39 is 0 Å². The Labute approximate surface area is 289 Å². The summed E-state index contributed by atoms with van der Waals surface area (Å²) in [5, 5.41) is 21.8. The van der Waals surface area contributed by atoms with Crippen molar-refractivity contribution in [1.82, 2.24) is 49.1 Å². The van der Waals surface area contributed by atoms with Crippen LogP contribution < -0.4 is 0 Å². The van der Waals surface area contributed by atoms with Crippen molar-refractivity contribution in [1.29, 1.82) is 0 Å². The molecule has 2 amide bonds. The Morgan fingerprint density at radius 1 is 0.837 bits per heavy atom. The third-order valence-corrected chi connectivity index (χ3v) is 8.16. The van der Waals surface area contributed by atoms with Crippen LogP contribution in [0.25, 0.3) is 33.1 Å². The number of carbonyl (C=O) groups is 2. The van der Waals surface area contributed by atoms with Crippen molar-refractivity contribution in [2.75, 3.05) is 6.38 Å². The van der Waals surface area contributed by atoms with Crippen molar-refractivity contribution >= 4 is 139 Å². The molecule has 6 aromatic heterocycles. The fourth-order valence-electron chi connectivity index (χ4n) is 3.34. The summed E-state index contributed by atoms with van der Waals surface area (Å²) in [6.07, 6.45) is 8.76. The van der Waals surface area contributed by atoms with Gasteiger partial charge in [0.1, 0.15) is 9.21 Å². The van der Waals surface area contributed by atoms with E-state index in [1.807, 2.05) is 7.05 Å². The third-order valence-electron chi connectivity index (χ3n) is 5.28. The second-order valence-corrected chi connectivity index (χ2v) is 11.4. The lowest BCUT2D eigenvalue weighted by Crippen LogP contribution is -2.16. The minimum absolute atomic E-state index is 0.144. The molecule has 0 saturated carbocycles. The summed E-state index contributed by atoms with van der Waals surface area (Å²) in [7, 11) is 1.83. The van der Waals surface area contributed by atoms with Crippen molar-refractivity contribution in [3.8, 4) is 0 Å². The Morgan fingerprint density at radius 3 is 1.98 bits per heavy atom. The highest BCUT2D eigenvalue weighted by atomic mass is 79.9. The number of amides is 2. The summed E-state index contributed by atoms with van der Waals surface area (Å²) in [4.78, 5) is 33.0. The number of aryl methyl sites for hydroxylation is 1. The number of aromatic amines is 2. The van der Waals surface area contributed by atoms with Crippen LogP contribution >= 0.6 is 94.4 Å². The molecule has 0 aromatic carbocycles. The van der Waals surface area contributed by atoms with E-state index in [4.69, 9.17) is 34.8 Å². The standard InChI is InChI=1S/C7H5BrClN3.C6H3BrClN3.C6H4ClN3.C4H4BrNO2.CH3Cl/c1-12-7-5(6(8)11-12)4(9)2-3-10-7;7-5-4-3(8)1-2-9-6(4)11-10-5;7-5-1-2-8-6-4(5)3-9-10-6;5-6-3(7)1-2-4(6)8;1-2/h2-3H,1H3;1-2H,(H,9,10,11);1-3H,(H,8,9,10);1-2H2;1H3. The molecule has 7 heterocycles. The summed E-state index contributed by atoms with van der Waals surface area (Å²) < 4.78 is 4.17. The maximum Gasteiger partial charge on any atom is 0.239 e. The van der Waals surface area contributed by atoms with Crippen LogP contribution in [0.1, 0.15) is 12.8 Å². The topological polar surface area (TPSA) is 151 Å². The van der Waals surface area contributed by atoms with Gasteiger partial charge in [0.05, 0.1) is 53.6 Å². The van der Waals surface area contributed by atoms with Crippen molar-refractivity contribution in [2.24, 2.45) is 7.05 Å². The van der Waals surface area contributed by atoms with E-state index in [0.29, 0.717) is 33.6 Å². The van der Waals surface area contributed by atoms with Gasteiger partial charge >= 0.3 is 0 Å². The number of H-pyrrole nitrogens is 2. The number of alkyl halides is 1. The third kappa shape index (κ3) is 8.84. The molecule has 43 heavy (non-hydrogen) atoms. The average molecular weight is 861 g/mol. The van der Waals surface area contributed by atoms with Gasteiger partial charge < -0.3 is 0 Å². The number of rotatable bonds is 0. The molecule has 12 nitrogen and oxygen atoms in total. The quantitative estimate of drug-likeness (QED) is 0.0898. The van der Waals surface area contributed by atoms with E-state index >= 15 is 0 Å². The molecule has 0 spiro atoms. The van der Waals surface area contributed by atoms with Crippen LogP contribution in [0.4, 0.5) is 0 Å². The molecule has 19 heteroatoms. The Balaban J connectivity index is 0.000000155. The van der Waals surface area contributed by atoms with Crippen LogP contribution in [0.15, 0.2) is 52.2 Å². The van der Waals surface area contributed by atoms with E-state index in [-0.39, 0.29) is 11.8 Å². The van der Waals surface area contributed by atoms with Gasteiger partial charge in [0.15, 0.2) is 16.9 Å². The van der Waals surface area contributed by atoms with Gasteiger partial charge in [-0.2, -0.15) is 15.3 Å². The molecular weight excluding hydrogens is 842 g/mol. The highest BCUT2D eigenvalue weighted by Crippen LogP contribution is 2.28. The first kappa shape index (κ1) is 35.1. The van der Waals surface area contributed by atoms with Crippen LogP contribution in [-0.4, -0.2) is 67.3 Å². The number of carbonyl (C=O) groups excluding carboxylic acids is 2. The molecule has 0 unspecified atom stereocenters. The second kappa shape index (κ2) is 16.6. The lowest BCUT2D eigenvalue weighted by molar-refractivity contribution is -0.131. The van der Waals surface area contributed by atoms with Crippen molar-refractivity contribution in [3.05, 3.63) is 67.3 Å². The number of nitrogens with zero attached hydrogens (tertiary/aromatic N) is 8. The number of imide groups is 1. The fraction of sp³-hybridized carbons (Fsp3) is 0.167. The molecule has 1 aliphatic heterocycles. The highest BCUT2D eigenvalue weighted by Gasteiger charge is 2.26. The zero-order valence-corrected chi connectivity index (χ0v) is 29.8. The maximum atomic E-state index is 10.4. The Kier molecular flexibility index (Phi) is 13.6. The van der Waals surface area contributed by atoms with Crippen LogP contribution in [0.3, 0.4) is 0 Å². The maximum absolute atomic E-state index is 10.4. The van der Waals surface area contributed by atoms with Crippen LogP contribution in [-0.2, 0) is 16.6 Å². The molecule has 0 atom stereocenters. The van der Waals surface area contributed by atoms with E-state index in [1.165, 1.54) is 6.38 Å². The lowest BCUT2D eigenvalue weighted by atomic mass is 10.4. The fourth-order valence-corrected chi connectivity index (χ4v) is 5.69. The molecule has 6 aromatic rings. The zero-order chi connectivity index (χ0) is 31.7. The van der Waals surface area contributed by atoms with Gasteiger partial charge in [-0.3, -0.25) is 19.8 Å². The van der Waals surface area contributed by atoms with Gasteiger partial charge in [-0.15, -0.1) is 11.6 Å². The van der Waals surface area contributed by atoms with E-state index in [2.05, 4.69) is 100 Å². The summed E-state index contributed by atoms with van der Waals surface area (Å²) in [6, 6.07) is 5.21. The number of nitrogens with one attached hydrogen (secondary N) is 2. The average Bonchev–Trinajstić information content (AvgIpc) is 3.77. The molecule has 1 aliphatic rings. The Hall–Kier alpha value is -2.40. The number of halogens is 7. The predicted octanol–water partition coefficient (Wildman–Crippen LogP) is 7.67. The molecule has 1 saturated heterocycles. The largest absolute Gasteiger partial charge is 0.274 e.